The molecule has 1 N–H and O–H groups in total. The first-order valence-corrected chi connectivity index (χ1v) is 6.27. The summed E-state index contributed by atoms with van der Waals surface area (Å²) < 4.78 is 18.4. The van der Waals surface area contributed by atoms with Crippen molar-refractivity contribution in [2.24, 2.45) is 5.92 Å². The highest BCUT2D eigenvalue weighted by molar-refractivity contribution is 5.74. The monoisotopic (exact) mass is 251 g/mol. The third-order valence-electron chi connectivity index (χ3n) is 3.44. The predicted octanol–water partition coefficient (Wildman–Crippen LogP) is 2.00. The van der Waals surface area contributed by atoms with E-state index in [1.165, 1.54) is 12.1 Å². The van der Waals surface area contributed by atoms with Crippen LogP contribution in [0, 0.1) is 18.7 Å². The Labute approximate surface area is 106 Å². The number of hydrogen-bond donors (Lipinski definition) is 1. The number of carbonyl (C=O) groups is 1. The number of esters is 1. The van der Waals surface area contributed by atoms with Gasteiger partial charge < -0.3 is 10.1 Å². The molecule has 2 rings (SSSR count). The third kappa shape index (κ3) is 2.53. The molecule has 4 heteroatoms. The molecule has 2 unspecified atom stereocenters. The first-order chi connectivity index (χ1) is 8.63. The Morgan fingerprint density at radius 2 is 2.28 bits per heavy atom. The molecular formula is C14H18FNO2. The zero-order valence-electron chi connectivity index (χ0n) is 10.7. The van der Waals surface area contributed by atoms with Crippen molar-refractivity contribution in [3.8, 4) is 0 Å². The molecule has 1 saturated heterocycles. The van der Waals surface area contributed by atoms with Gasteiger partial charge in [0.2, 0.25) is 0 Å². The molecule has 1 fully saturated rings. The second-order valence-corrected chi connectivity index (χ2v) is 4.62. The lowest BCUT2D eigenvalue weighted by Crippen LogP contribution is -2.24. The lowest BCUT2D eigenvalue weighted by Gasteiger charge is -2.19. The normalized spacial score (nSPS) is 23.1. The van der Waals surface area contributed by atoms with Crippen LogP contribution in [0.2, 0.25) is 0 Å². The van der Waals surface area contributed by atoms with E-state index in [0.717, 1.165) is 11.1 Å². The number of carbonyl (C=O) groups excluding carboxylic acids is 1. The Hall–Kier alpha value is -1.42. The van der Waals surface area contributed by atoms with Crippen LogP contribution in [0.5, 0.6) is 0 Å². The van der Waals surface area contributed by atoms with E-state index >= 15 is 0 Å². The number of halogens is 1. The molecule has 0 radical (unpaired) electrons. The van der Waals surface area contributed by atoms with Gasteiger partial charge in [-0.1, -0.05) is 6.07 Å². The quantitative estimate of drug-likeness (QED) is 0.835. The maximum absolute atomic E-state index is 13.3. The van der Waals surface area contributed by atoms with Gasteiger partial charge in [-0.3, -0.25) is 4.79 Å². The van der Waals surface area contributed by atoms with Crippen LogP contribution in [-0.4, -0.2) is 25.7 Å². The Bertz CT molecular complexity index is 447. The molecule has 1 aliphatic rings. The number of ether oxygens (including phenoxy) is 1. The Morgan fingerprint density at radius 3 is 3.00 bits per heavy atom. The number of benzene rings is 1. The Kier molecular flexibility index (Phi) is 3.97. The molecule has 0 bridgehead atoms. The SMILES string of the molecule is CCOC(=O)C1CNCC1c1cc(F)ccc1C. The van der Waals surface area contributed by atoms with Crippen LogP contribution in [0.25, 0.3) is 0 Å². The molecule has 18 heavy (non-hydrogen) atoms. The van der Waals surface area contributed by atoms with Crippen LogP contribution in [0.4, 0.5) is 4.39 Å². The standard InChI is InChI=1S/C14H18FNO2/c1-3-18-14(17)13-8-16-7-12(13)11-6-10(15)5-4-9(11)2/h4-6,12-13,16H,3,7-8H2,1-2H3. The summed E-state index contributed by atoms with van der Waals surface area (Å²) in [4.78, 5) is 11.9. The molecule has 3 nitrogen and oxygen atoms in total. The highest BCUT2D eigenvalue weighted by Gasteiger charge is 2.35. The summed E-state index contributed by atoms with van der Waals surface area (Å²) in [5.74, 6) is -0.675. The molecule has 1 heterocycles. The fourth-order valence-corrected chi connectivity index (χ4v) is 2.51. The second kappa shape index (κ2) is 5.48. The van der Waals surface area contributed by atoms with Crippen LogP contribution in [0.15, 0.2) is 18.2 Å². The highest BCUT2D eigenvalue weighted by Crippen LogP contribution is 2.31. The lowest BCUT2D eigenvalue weighted by atomic mass is 9.86. The molecule has 0 saturated carbocycles. The molecule has 1 aromatic carbocycles. The number of aryl methyl sites for hydroxylation is 1. The fraction of sp³-hybridized carbons (Fsp3) is 0.500. The molecule has 2 atom stereocenters. The van der Waals surface area contributed by atoms with Gasteiger partial charge in [0.25, 0.3) is 0 Å². The van der Waals surface area contributed by atoms with E-state index in [1.54, 1.807) is 13.0 Å². The van der Waals surface area contributed by atoms with Crippen LogP contribution >= 0.6 is 0 Å². The van der Waals surface area contributed by atoms with E-state index in [0.29, 0.717) is 19.7 Å². The zero-order valence-corrected chi connectivity index (χ0v) is 10.7. The van der Waals surface area contributed by atoms with Gasteiger partial charge >= 0.3 is 5.97 Å². The first-order valence-electron chi connectivity index (χ1n) is 6.27. The van der Waals surface area contributed by atoms with Gasteiger partial charge in [-0.25, -0.2) is 4.39 Å². The predicted molar refractivity (Wildman–Crippen MR) is 66.9 cm³/mol. The van der Waals surface area contributed by atoms with Gasteiger partial charge in [-0.05, 0) is 37.1 Å². The molecular weight excluding hydrogens is 233 g/mol. The molecule has 0 aliphatic carbocycles. The van der Waals surface area contributed by atoms with Crippen molar-refractivity contribution in [2.45, 2.75) is 19.8 Å². The summed E-state index contributed by atoms with van der Waals surface area (Å²) in [6, 6.07) is 4.73. The lowest BCUT2D eigenvalue weighted by molar-refractivity contribution is -0.147. The van der Waals surface area contributed by atoms with Crippen molar-refractivity contribution in [1.82, 2.24) is 5.32 Å². The maximum Gasteiger partial charge on any atom is 0.310 e. The van der Waals surface area contributed by atoms with Crippen molar-refractivity contribution in [1.29, 1.82) is 0 Å². The van der Waals surface area contributed by atoms with Gasteiger partial charge in [0.1, 0.15) is 5.82 Å². The van der Waals surface area contributed by atoms with E-state index in [2.05, 4.69) is 5.32 Å². The summed E-state index contributed by atoms with van der Waals surface area (Å²) in [7, 11) is 0. The molecule has 98 valence electrons. The van der Waals surface area contributed by atoms with Gasteiger partial charge in [0, 0.05) is 19.0 Å². The molecule has 1 aliphatic heterocycles. The smallest absolute Gasteiger partial charge is 0.310 e. The number of rotatable bonds is 3. The van der Waals surface area contributed by atoms with Crippen molar-refractivity contribution >= 4 is 5.97 Å². The number of hydrogen-bond acceptors (Lipinski definition) is 3. The molecule has 0 spiro atoms. The topological polar surface area (TPSA) is 38.3 Å². The minimum Gasteiger partial charge on any atom is -0.466 e. The highest BCUT2D eigenvalue weighted by atomic mass is 19.1. The van der Waals surface area contributed by atoms with Crippen LogP contribution in [0.1, 0.15) is 24.0 Å². The summed E-state index contributed by atoms with van der Waals surface area (Å²) in [6.07, 6.45) is 0. The minimum absolute atomic E-state index is 0.000231. The van der Waals surface area contributed by atoms with Crippen molar-refractivity contribution < 1.29 is 13.9 Å². The van der Waals surface area contributed by atoms with Gasteiger partial charge in [0.15, 0.2) is 0 Å². The van der Waals surface area contributed by atoms with E-state index < -0.39 is 0 Å². The average molecular weight is 251 g/mol. The van der Waals surface area contributed by atoms with Gasteiger partial charge in [-0.2, -0.15) is 0 Å². The van der Waals surface area contributed by atoms with E-state index in [4.69, 9.17) is 4.74 Å². The Morgan fingerprint density at radius 1 is 1.50 bits per heavy atom. The van der Waals surface area contributed by atoms with Crippen molar-refractivity contribution in [3.05, 3.63) is 35.1 Å². The fourth-order valence-electron chi connectivity index (χ4n) is 2.51. The second-order valence-electron chi connectivity index (χ2n) is 4.62. The van der Waals surface area contributed by atoms with Crippen molar-refractivity contribution in [2.75, 3.05) is 19.7 Å². The first kappa shape index (κ1) is 13.0. The molecule has 1 aromatic rings. The minimum atomic E-state index is -0.259. The maximum atomic E-state index is 13.3. The summed E-state index contributed by atoms with van der Waals surface area (Å²) >= 11 is 0. The largest absolute Gasteiger partial charge is 0.466 e. The van der Waals surface area contributed by atoms with E-state index in [1.807, 2.05) is 6.92 Å². The third-order valence-corrected chi connectivity index (χ3v) is 3.44. The number of nitrogens with one attached hydrogen (secondary N) is 1. The zero-order chi connectivity index (χ0) is 13.1. The summed E-state index contributed by atoms with van der Waals surface area (Å²) in [6.45, 7) is 5.40. The van der Waals surface area contributed by atoms with Gasteiger partial charge in [0.05, 0.1) is 12.5 Å². The van der Waals surface area contributed by atoms with Gasteiger partial charge in [-0.15, -0.1) is 0 Å². The van der Waals surface area contributed by atoms with Crippen LogP contribution in [-0.2, 0) is 9.53 Å². The van der Waals surface area contributed by atoms with Crippen molar-refractivity contribution in [3.63, 3.8) is 0 Å². The summed E-state index contributed by atoms with van der Waals surface area (Å²) in [5.41, 5.74) is 1.91. The summed E-state index contributed by atoms with van der Waals surface area (Å²) in [5, 5.41) is 3.18. The van der Waals surface area contributed by atoms with Crippen LogP contribution < -0.4 is 5.32 Å². The van der Waals surface area contributed by atoms with Crippen LogP contribution in [0.3, 0.4) is 0 Å². The van der Waals surface area contributed by atoms with E-state index in [9.17, 15) is 9.18 Å². The van der Waals surface area contributed by atoms with E-state index in [-0.39, 0.29) is 23.6 Å². The average Bonchev–Trinajstić information content (AvgIpc) is 2.81. The Balaban J connectivity index is 2.25. The molecule has 0 amide bonds. The molecule has 0 aromatic heterocycles.